The van der Waals surface area contributed by atoms with Gasteiger partial charge in [-0.15, -0.1) is 0 Å². The van der Waals surface area contributed by atoms with Crippen LogP contribution in [-0.2, 0) is 4.74 Å². The molecule has 1 aromatic carbocycles. The van der Waals surface area contributed by atoms with Crippen molar-refractivity contribution in [2.24, 2.45) is 0 Å². The Kier molecular flexibility index (Phi) is 5.13. The van der Waals surface area contributed by atoms with E-state index >= 15 is 0 Å². The summed E-state index contributed by atoms with van der Waals surface area (Å²) in [5, 5.41) is 7.31. The monoisotopic (exact) mass is 303 g/mol. The molecule has 0 saturated carbocycles. The Hall–Kier alpha value is -2.83. The Balaban J connectivity index is 2.12. The molecule has 0 aliphatic carbocycles. The molecule has 0 bridgehead atoms. The van der Waals surface area contributed by atoms with Crippen LogP contribution in [0.5, 0.6) is 0 Å². The third-order valence-corrected chi connectivity index (χ3v) is 2.97. The molecule has 1 heterocycles. The van der Waals surface area contributed by atoms with Crippen molar-refractivity contribution in [1.82, 2.24) is 10.2 Å². The summed E-state index contributed by atoms with van der Waals surface area (Å²) in [5.74, 6) is -1.01. The molecule has 7 nitrogen and oxygen atoms in total. The molecule has 1 aromatic heterocycles. The summed E-state index contributed by atoms with van der Waals surface area (Å²) in [5.41, 5.74) is 0.275. The number of para-hydroxylation sites is 1. The van der Waals surface area contributed by atoms with Gasteiger partial charge in [0.2, 0.25) is 0 Å². The standard InChI is InChI=1S/C15H17N3O4/c1-2-3-8-22-15(21)10-6-4-5-7-11(10)16-14(20)12-9-13(19)18-17-12/h4-7,9H,2-3,8H2,1H3,(H,16,20)(H2,17,18,19). The van der Waals surface area contributed by atoms with Crippen LogP contribution in [0.25, 0.3) is 0 Å². The fourth-order valence-electron chi connectivity index (χ4n) is 1.80. The van der Waals surface area contributed by atoms with Gasteiger partial charge in [0.05, 0.1) is 17.9 Å². The number of aromatic amines is 2. The van der Waals surface area contributed by atoms with Crippen LogP contribution in [0, 0.1) is 0 Å². The van der Waals surface area contributed by atoms with E-state index in [1.165, 1.54) is 0 Å². The van der Waals surface area contributed by atoms with Crippen LogP contribution in [0.1, 0.15) is 40.6 Å². The van der Waals surface area contributed by atoms with E-state index in [4.69, 9.17) is 4.74 Å². The number of carbonyl (C=O) groups is 2. The highest BCUT2D eigenvalue weighted by molar-refractivity contribution is 6.07. The SMILES string of the molecule is CCCCOC(=O)c1ccccc1NC(=O)c1cc(=O)[nH][nH]1. The molecule has 116 valence electrons. The minimum absolute atomic E-state index is 0.0825. The molecule has 0 unspecified atom stereocenters. The normalized spacial score (nSPS) is 10.2. The van der Waals surface area contributed by atoms with E-state index in [2.05, 4.69) is 15.5 Å². The number of hydrogen-bond acceptors (Lipinski definition) is 4. The molecular weight excluding hydrogens is 286 g/mol. The van der Waals surface area contributed by atoms with Crippen LogP contribution in [-0.4, -0.2) is 28.7 Å². The minimum Gasteiger partial charge on any atom is -0.462 e. The van der Waals surface area contributed by atoms with E-state index in [0.29, 0.717) is 12.3 Å². The Morgan fingerprint density at radius 3 is 2.68 bits per heavy atom. The van der Waals surface area contributed by atoms with Crippen molar-refractivity contribution in [3.8, 4) is 0 Å². The molecule has 1 amide bonds. The van der Waals surface area contributed by atoms with Crippen LogP contribution in [0.2, 0.25) is 0 Å². The zero-order valence-electron chi connectivity index (χ0n) is 12.1. The lowest BCUT2D eigenvalue weighted by Gasteiger charge is -2.10. The molecule has 0 spiro atoms. The van der Waals surface area contributed by atoms with Crippen LogP contribution in [0.15, 0.2) is 35.1 Å². The summed E-state index contributed by atoms with van der Waals surface area (Å²) in [6.45, 7) is 2.34. The van der Waals surface area contributed by atoms with Crippen molar-refractivity contribution in [1.29, 1.82) is 0 Å². The van der Waals surface area contributed by atoms with E-state index in [9.17, 15) is 14.4 Å². The number of amides is 1. The summed E-state index contributed by atoms with van der Waals surface area (Å²) >= 11 is 0. The van der Waals surface area contributed by atoms with Gasteiger partial charge in [-0.25, -0.2) is 4.79 Å². The van der Waals surface area contributed by atoms with Gasteiger partial charge >= 0.3 is 5.97 Å². The van der Waals surface area contributed by atoms with E-state index < -0.39 is 17.4 Å². The number of carbonyl (C=O) groups excluding carboxylic acids is 2. The van der Waals surface area contributed by atoms with Gasteiger partial charge in [0.15, 0.2) is 0 Å². The van der Waals surface area contributed by atoms with Crippen LogP contribution in [0.4, 0.5) is 5.69 Å². The number of benzene rings is 1. The van der Waals surface area contributed by atoms with Crippen molar-refractivity contribution in [2.75, 3.05) is 11.9 Å². The molecule has 3 N–H and O–H groups in total. The smallest absolute Gasteiger partial charge is 0.340 e. The van der Waals surface area contributed by atoms with Gasteiger partial charge in [0.1, 0.15) is 5.69 Å². The Bertz CT molecular complexity index is 717. The van der Waals surface area contributed by atoms with Crippen molar-refractivity contribution in [3.05, 3.63) is 51.9 Å². The Morgan fingerprint density at radius 1 is 1.23 bits per heavy atom. The Morgan fingerprint density at radius 2 is 2.00 bits per heavy atom. The van der Waals surface area contributed by atoms with E-state index in [-0.39, 0.29) is 11.3 Å². The van der Waals surface area contributed by atoms with Crippen molar-refractivity contribution in [2.45, 2.75) is 19.8 Å². The van der Waals surface area contributed by atoms with Crippen molar-refractivity contribution in [3.63, 3.8) is 0 Å². The fraction of sp³-hybridized carbons (Fsp3) is 0.267. The number of hydrogen-bond donors (Lipinski definition) is 3. The zero-order valence-corrected chi connectivity index (χ0v) is 12.1. The third-order valence-electron chi connectivity index (χ3n) is 2.97. The molecule has 0 saturated heterocycles. The van der Waals surface area contributed by atoms with Gasteiger partial charge in [0.25, 0.3) is 11.5 Å². The number of rotatable bonds is 6. The first-order valence-corrected chi connectivity index (χ1v) is 6.97. The predicted molar refractivity (Wildman–Crippen MR) is 81.0 cm³/mol. The summed E-state index contributed by atoms with van der Waals surface area (Å²) < 4.78 is 5.15. The first-order chi connectivity index (χ1) is 10.6. The minimum atomic E-state index is -0.521. The fourth-order valence-corrected chi connectivity index (χ4v) is 1.80. The molecule has 2 aromatic rings. The molecular formula is C15H17N3O4. The largest absolute Gasteiger partial charge is 0.462 e. The van der Waals surface area contributed by atoms with Gasteiger partial charge in [0, 0.05) is 6.07 Å². The summed E-state index contributed by atoms with van der Waals surface area (Å²) in [7, 11) is 0. The molecule has 0 fully saturated rings. The molecule has 0 atom stereocenters. The van der Waals surface area contributed by atoms with Gasteiger partial charge in [-0.2, -0.15) is 0 Å². The maximum atomic E-state index is 12.0. The maximum Gasteiger partial charge on any atom is 0.340 e. The summed E-state index contributed by atoms with van der Waals surface area (Å²) in [6.07, 6.45) is 1.71. The highest BCUT2D eigenvalue weighted by Crippen LogP contribution is 2.17. The average molecular weight is 303 g/mol. The number of unbranched alkanes of at least 4 members (excludes halogenated alkanes) is 1. The lowest BCUT2D eigenvalue weighted by molar-refractivity contribution is 0.0501. The second-order valence-corrected chi connectivity index (χ2v) is 4.66. The van der Waals surface area contributed by atoms with Crippen molar-refractivity contribution < 1.29 is 14.3 Å². The molecule has 22 heavy (non-hydrogen) atoms. The highest BCUT2D eigenvalue weighted by Gasteiger charge is 2.15. The lowest BCUT2D eigenvalue weighted by Crippen LogP contribution is -2.16. The number of nitrogens with one attached hydrogen (secondary N) is 3. The zero-order chi connectivity index (χ0) is 15.9. The third kappa shape index (κ3) is 3.85. The van der Waals surface area contributed by atoms with Crippen LogP contribution >= 0.6 is 0 Å². The van der Waals surface area contributed by atoms with E-state index in [1.54, 1.807) is 24.3 Å². The first-order valence-electron chi connectivity index (χ1n) is 6.97. The summed E-state index contributed by atoms with van der Waals surface area (Å²) in [4.78, 5) is 35.1. The molecule has 0 aliphatic heterocycles. The number of ether oxygens (including phenoxy) is 1. The number of esters is 1. The molecule has 0 radical (unpaired) electrons. The van der Waals surface area contributed by atoms with Gasteiger partial charge in [-0.3, -0.25) is 19.8 Å². The topological polar surface area (TPSA) is 104 Å². The lowest BCUT2D eigenvalue weighted by atomic mass is 10.1. The Labute approximate surface area is 126 Å². The average Bonchev–Trinajstić information content (AvgIpc) is 2.94. The molecule has 0 aliphatic rings. The second kappa shape index (κ2) is 7.26. The molecule has 7 heteroatoms. The van der Waals surface area contributed by atoms with Gasteiger partial charge in [-0.1, -0.05) is 25.5 Å². The van der Waals surface area contributed by atoms with Crippen LogP contribution < -0.4 is 10.9 Å². The van der Waals surface area contributed by atoms with Crippen LogP contribution in [0.3, 0.4) is 0 Å². The van der Waals surface area contributed by atoms with Gasteiger partial charge < -0.3 is 10.1 Å². The predicted octanol–water partition coefficient (Wildman–Crippen LogP) is 1.91. The first kappa shape index (κ1) is 15.6. The number of anilines is 1. The second-order valence-electron chi connectivity index (χ2n) is 4.66. The van der Waals surface area contributed by atoms with E-state index in [0.717, 1.165) is 18.9 Å². The highest BCUT2D eigenvalue weighted by atomic mass is 16.5. The van der Waals surface area contributed by atoms with E-state index in [1.807, 2.05) is 6.92 Å². The quantitative estimate of drug-likeness (QED) is 0.560. The number of H-pyrrole nitrogens is 2. The van der Waals surface area contributed by atoms with Crippen molar-refractivity contribution >= 4 is 17.6 Å². The van der Waals surface area contributed by atoms with Gasteiger partial charge in [-0.05, 0) is 18.6 Å². The summed E-state index contributed by atoms with van der Waals surface area (Å²) in [6, 6.07) is 7.68. The maximum absolute atomic E-state index is 12.0. The number of aromatic nitrogens is 2. The molecule has 2 rings (SSSR count).